The molecule has 0 radical (unpaired) electrons. The fraction of sp³-hybridized carbons (Fsp3) is 0.0714. The Labute approximate surface area is 131 Å². The van der Waals surface area contributed by atoms with Gasteiger partial charge in [0.05, 0.1) is 7.57 Å². The smallest absolute Gasteiger partial charge is 0.107 e. The molecule has 0 saturated carbocycles. The van der Waals surface area contributed by atoms with Crippen LogP contribution in [0.4, 0.5) is 0 Å². The van der Waals surface area contributed by atoms with Gasteiger partial charge in [0.1, 0.15) is 6.10 Å². The zero-order valence-electron chi connectivity index (χ0n) is 9.68. The SMILES string of the molecule is OC(c1cc(Br)sc1Br)c1cccc2ccncc12. The van der Waals surface area contributed by atoms with Crippen LogP contribution in [-0.4, -0.2) is 10.1 Å². The number of aliphatic hydroxyl groups is 1. The number of rotatable bonds is 2. The number of aliphatic hydroxyl groups excluding tert-OH is 1. The number of hydrogen-bond donors (Lipinski definition) is 1. The van der Waals surface area contributed by atoms with Gasteiger partial charge in [0.15, 0.2) is 0 Å². The van der Waals surface area contributed by atoms with E-state index in [1.54, 1.807) is 23.7 Å². The Balaban J connectivity index is 2.16. The topological polar surface area (TPSA) is 33.1 Å². The third kappa shape index (κ3) is 2.48. The van der Waals surface area contributed by atoms with E-state index in [2.05, 4.69) is 36.8 Å². The lowest BCUT2D eigenvalue weighted by Crippen LogP contribution is -2.00. The summed E-state index contributed by atoms with van der Waals surface area (Å²) in [6.07, 6.45) is 2.89. The summed E-state index contributed by atoms with van der Waals surface area (Å²) in [6.45, 7) is 0. The summed E-state index contributed by atoms with van der Waals surface area (Å²) < 4.78 is 1.93. The van der Waals surface area contributed by atoms with Crippen LogP contribution in [0.1, 0.15) is 17.2 Å². The van der Waals surface area contributed by atoms with Crippen molar-refractivity contribution < 1.29 is 5.11 Å². The van der Waals surface area contributed by atoms with E-state index in [-0.39, 0.29) is 0 Å². The van der Waals surface area contributed by atoms with Gasteiger partial charge in [-0.2, -0.15) is 0 Å². The van der Waals surface area contributed by atoms with Crippen molar-refractivity contribution in [3.05, 3.63) is 61.4 Å². The molecule has 3 rings (SSSR count). The first-order valence-corrected chi connectivity index (χ1v) is 8.02. The molecule has 96 valence electrons. The molecule has 3 aromatic rings. The Morgan fingerprint density at radius 3 is 2.74 bits per heavy atom. The van der Waals surface area contributed by atoms with Crippen LogP contribution >= 0.6 is 43.2 Å². The van der Waals surface area contributed by atoms with Gasteiger partial charge in [-0.05, 0) is 54.9 Å². The van der Waals surface area contributed by atoms with Gasteiger partial charge in [-0.15, -0.1) is 11.3 Å². The number of aromatic nitrogens is 1. The van der Waals surface area contributed by atoms with Crippen LogP contribution in [-0.2, 0) is 0 Å². The van der Waals surface area contributed by atoms with Crippen LogP contribution in [0.3, 0.4) is 0 Å². The summed E-state index contributed by atoms with van der Waals surface area (Å²) in [5, 5.41) is 12.7. The monoisotopic (exact) mass is 397 g/mol. The Morgan fingerprint density at radius 2 is 2.00 bits per heavy atom. The lowest BCUT2D eigenvalue weighted by molar-refractivity contribution is 0.221. The second-order valence-electron chi connectivity index (χ2n) is 4.13. The van der Waals surface area contributed by atoms with Crippen LogP contribution in [0, 0.1) is 0 Å². The van der Waals surface area contributed by atoms with E-state index in [0.717, 1.165) is 29.5 Å². The Morgan fingerprint density at radius 1 is 1.16 bits per heavy atom. The minimum absolute atomic E-state index is 0.662. The van der Waals surface area contributed by atoms with Crippen LogP contribution in [0.2, 0.25) is 0 Å². The quantitative estimate of drug-likeness (QED) is 0.665. The molecular formula is C14H9Br2NOS. The zero-order chi connectivity index (χ0) is 13.4. The number of hydrogen-bond acceptors (Lipinski definition) is 3. The van der Waals surface area contributed by atoms with Crippen molar-refractivity contribution in [1.29, 1.82) is 0 Å². The zero-order valence-corrected chi connectivity index (χ0v) is 13.7. The maximum Gasteiger partial charge on any atom is 0.107 e. The van der Waals surface area contributed by atoms with Crippen molar-refractivity contribution in [3.63, 3.8) is 0 Å². The fourth-order valence-corrected chi connectivity index (χ4v) is 4.97. The number of pyridine rings is 1. The highest BCUT2D eigenvalue weighted by Crippen LogP contribution is 2.39. The lowest BCUT2D eigenvalue weighted by atomic mass is 9.99. The third-order valence-electron chi connectivity index (χ3n) is 2.99. The number of halogens is 2. The van der Waals surface area contributed by atoms with Crippen molar-refractivity contribution in [2.75, 3.05) is 0 Å². The molecule has 0 amide bonds. The van der Waals surface area contributed by atoms with E-state index in [4.69, 9.17) is 0 Å². The summed E-state index contributed by atoms with van der Waals surface area (Å²) in [4.78, 5) is 4.15. The van der Waals surface area contributed by atoms with Gasteiger partial charge in [0, 0.05) is 23.3 Å². The molecule has 0 aliphatic heterocycles. The van der Waals surface area contributed by atoms with Crippen LogP contribution in [0.5, 0.6) is 0 Å². The van der Waals surface area contributed by atoms with E-state index in [0.29, 0.717) is 0 Å². The highest BCUT2D eigenvalue weighted by Gasteiger charge is 2.18. The maximum absolute atomic E-state index is 10.6. The maximum atomic E-state index is 10.6. The summed E-state index contributed by atoms with van der Waals surface area (Å²) in [6, 6.07) is 9.80. The van der Waals surface area contributed by atoms with E-state index >= 15 is 0 Å². The molecule has 1 atom stereocenters. The molecule has 0 aliphatic carbocycles. The van der Waals surface area contributed by atoms with Gasteiger partial charge in [-0.25, -0.2) is 0 Å². The van der Waals surface area contributed by atoms with Gasteiger partial charge in [-0.1, -0.05) is 18.2 Å². The fourth-order valence-electron chi connectivity index (χ4n) is 2.08. The van der Waals surface area contributed by atoms with Crippen molar-refractivity contribution in [2.45, 2.75) is 6.10 Å². The van der Waals surface area contributed by atoms with Gasteiger partial charge in [0.25, 0.3) is 0 Å². The van der Waals surface area contributed by atoms with Crippen LogP contribution < -0.4 is 0 Å². The Bertz CT molecular complexity index is 736. The first-order valence-electron chi connectivity index (χ1n) is 5.62. The van der Waals surface area contributed by atoms with Crippen molar-refractivity contribution >= 4 is 54.0 Å². The largest absolute Gasteiger partial charge is 0.384 e. The van der Waals surface area contributed by atoms with Crippen molar-refractivity contribution in [3.8, 4) is 0 Å². The minimum Gasteiger partial charge on any atom is -0.384 e. The van der Waals surface area contributed by atoms with Gasteiger partial charge in [0.2, 0.25) is 0 Å². The molecule has 2 aromatic heterocycles. The summed E-state index contributed by atoms with van der Waals surface area (Å²) in [5.41, 5.74) is 1.74. The highest BCUT2D eigenvalue weighted by atomic mass is 79.9. The molecule has 0 bridgehead atoms. The first kappa shape index (κ1) is 13.2. The van der Waals surface area contributed by atoms with Gasteiger partial charge in [-0.3, -0.25) is 4.98 Å². The predicted molar refractivity (Wildman–Crippen MR) is 85.5 cm³/mol. The number of benzene rings is 1. The highest BCUT2D eigenvalue weighted by molar-refractivity contribution is 9.12. The van der Waals surface area contributed by atoms with E-state index in [1.165, 1.54) is 0 Å². The van der Waals surface area contributed by atoms with Crippen LogP contribution in [0.25, 0.3) is 10.8 Å². The summed E-state index contributed by atoms with van der Waals surface area (Å²) in [7, 11) is 0. The molecule has 0 aliphatic rings. The summed E-state index contributed by atoms with van der Waals surface area (Å²) >= 11 is 8.49. The number of thiophene rings is 1. The third-order valence-corrected chi connectivity index (χ3v) is 5.38. The Kier molecular flexibility index (Phi) is 3.71. The molecule has 0 spiro atoms. The number of fused-ring (bicyclic) bond motifs is 1. The molecule has 2 heterocycles. The molecule has 0 fully saturated rings. The molecular weight excluding hydrogens is 390 g/mol. The molecule has 5 heteroatoms. The predicted octanol–water partition coefficient (Wildman–Crippen LogP) is 4.90. The van der Waals surface area contributed by atoms with E-state index < -0.39 is 6.10 Å². The second kappa shape index (κ2) is 5.32. The van der Waals surface area contributed by atoms with Gasteiger partial charge >= 0.3 is 0 Å². The van der Waals surface area contributed by atoms with E-state index in [1.807, 2.05) is 30.3 Å². The average molecular weight is 399 g/mol. The molecule has 19 heavy (non-hydrogen) atoms. The molecule has 1 N–H and O–H groups in total. The van der Waals surface area contributed by atoms with Crippen molar-refractivity contribution in [2.24, 2.45) is 0 Å². The van der Waals surface area contributed by atoms with Crippen molar-refractivity contribution in [1.82, 2.24) is 4.98 Å². The second-order valence-corrected chi connectivity index (χ2v) is 7.88. The molecule has 1 aromatic carbocycles. The standard InChI is InChI=1S/C14H9Br2NOS/c15-12-6-10(14(16)19-12)13(18)9-3-1-2-8-4-5-17-7-11(8)9/h1-7,13,18H. The van der Waals surface area contributed by atoms with E-state index in [9.17, 15) is 5.11 Å². The molecule has 2 nitrogen and oxygen atoms in total. The molecule has 1 unspecified atom stereocenters. The average Bonchev–Trinajstić information content (AvgIpc) is 2.76. The normalized spacial score (nSPS) is 12.8. The van der Waals surface area contributed by atoms with Gasteiger partial charge < -0.3 is 5.11 Å². The number of nitrogens with zero attached hydrogens (tertiary/aromatic N) is 1. The van der Waals surface area contributed by atoms with Crippen LogP contribution in [0.15, 0.2) is 50.3 Å². The Hall–Kier alpha value is -0.750. The first-order chi connectivity index (χ1) is 9.16. The summed E-state index contributed by atoms with van der Waals surface area (Å²) in [5.74, 6) is 0. The minimum atomic E-state index is -0.662. The molecule has 0 saturated heterocycles. The lowest BCUT2D eigenvalue weighted by Gasteiger charge is -2.13.